The smallest absolute Gasteiger partial charge is 0.0692 e. The van der Waals surface area contributed by atoms with Crippen molar-refractivity contribution in [2.24, 2.45) is 0 Å². The summed E-state index contributed by atoms with van der Waals surface area (Å²) >= 11 is 3.45. The fourth-order valence-corrected chi connectivity index (χ4v) is 2.48. The maximum Gasteiger partial charge on any atom is 0.0692 e. The molecule has 4 heteroatoms. The lowest BCUT2D eigenvalue weighted by Gasteiger charge is -2.31. The summed E-state index contributed by atoms with van der Waals surface area (Å²) in [6, 6.07) is 5.99. The van der Waals surface area contributed by atoms with E-state index in [2.05, 4.69) is 20.8 Å². The van der Waals surface area contributed by atoms with Crippen molar-refractivity contribution < 1.29 is 10.2 Å². The summed E-state index contributed by atoms with van der Waals surface area (Å²) in [5.41, 5.74) is 2.05. The molecule has 0 radical (unpaired) electrons. The summed E-state index contributed by atoms with van der Waals surface area (Å²) in [6.45, 7) is 1.84. The molecule has 1 aromatic rings. The Morgan fingerprint density at radius 3 is 2.56 bits per heavy atom. The molecule has 1 fully saturated rings. The van der Waals surface area contributed by atoms with E-state index in [9.17, 15) is 5.11 Å². The number of rotatable bonds is 2. The number of piperidine rings is 1. The monoisotopic (exact) mass is 285 g/mol. The van der Waals surface area contributed by atoms with E-state index >= 15 is 0 Å². The van der Waals surface area contributed by atoms with E-state index in [4.69, 9.17) is 5.11 Å². The molecule has 3 nitrogen and oxygen atoms in total. The van der Waals surface area contributed by atoms with Gasteiger partial charge in [0.1, 0.15) is 0 Å². The van der Waals surface area contributed by atoms with Crippen molar-refractivity contribution in [3.63, 3.8) is 0 Å². The minimum atomic E-state index is -0.142. The second-order valence-electron chi connectivity index (χ2n) is 4.15. The van der Waals surface area contributed by atoms with Gasteiger partial charge in [-0.15, -0.1) is 0 Å². The van der Waals surface area contributed by atoms with Crippen LogP contribution in [0.15, 0.2) is 22.7 Å². The summed E-state index contributed by atoms with van der Waals surface area (Å²) in [4.78, 5) is 2.26. The SMILES string of the molecule is OCc1ccc(N2CCC(O)CC2)cc1Br. The maximum atomic E-state index is 9.44. The molecule has 2 rings (SSSR count). The van der Waals surface area contributed by atoms with Crippen LogP contribution in [0.4, 0.5) is 5.69 Å². The van der Waals surface area contributed by atoms with Crippen LogP contribution in [-0.4, -0.2) is 29.4 Å². The Labute approximate surface area is 104 Å². The minimum Gasteiger partial charge on any atom is -0.393 e. The van der Waals surface area contributed by atoms with Crippen molar-refractivity contribution >= 4 is 21.6 Å². The van der Waals surface area contributed by atoms with Crippen LogP contribution in [0.25, 0.3) is 0 Å². The van der Waals surface area contributed by atoms with Gasteiger partial charge >= 0.3 is 0 Å². The molecule has 16 heavy (non-hydrogen) atoms. The third-order valence-corrected chi connectivity index (χ3v) is 3.77. The lowest BCUT2D eigenvalue weighted by Crippen LogP contribution is -2.35. The van der Waals surface area contributed by atoms with Crippen LogP contribution in [0.3, 0.4) is 0 Å². The molecule has 0 unspecified atom stereocenters. The van der Waals surface area contributed by atoms with Gasteiger partial charge in [-0.2, -0.15) is 0 Å². The molecule has 0 spiro atoms. The minimum absolute atomic E-state index is 0.0551. The maximum absolute atomic E-state index is 9.44. The Morgan fingerprint density at radius 2 is 2.00 bits per heavy atom. The molecule has 2 N–H and O–H groups in total. The highest BCUT2D eigenvalue weighted by molar-refractivity contribution is 9.10. The molecule has 1 aliphatic heterocycles. The normalized spacial score (nSPS) is 17.8. The van der Waals surface area contributed by atoms with Crippen LogP contribution >= 0.6 is 15.9 Å². The first-order valence-electron chi connectivity index (χ1n) is 5.53. The fourth-order valence-electron chi connectivity index (χ4n) is 1.99. The highest BCUT2D eigenvalue weighted by Crippen LogP contribution is 2.26. The fraction of sp³-hybridized carbons (Fsp3) is 0.500. The average molecular weight is 286 g/mol. The zero-order chi connectivity index (χ0) is 11.5. The lowest BCUT2D eigenvalue weighted by atomic mass is 10.1. The Morgan fingerprint density at radius 1 is 1.31 bits per heavy atom. The summed E-state index contributed by atoms with van der Waals surface area (Å²) < 4.78 is 0.943. The topological polar surface area (TPSA) is 43.7 Å². The number of benzene rings is 1. The van der Waals surface area contributed by atoms with Crippen molar-refractivity contribution in [2.45, 2.75) is 25.6 Å². The van der Waals surface area contributed by atoms with Crippen molar-refractivity contribution in [1.29, 1.82) is 0 Å². The van der Waals surface area contributed by atoms with Gasteiger partial charge in [-0.3, -0.25) is 0 Å². The molecule has 0 atom stereocenters. The van der Waals surface area contributed by atoms with Crippen molar-refractivity contribution in [3.8, 4) is 0 Å². The molecule has 0 saturated carbocycles. The van der Waals surface area contributed by atoms with Gasteiger partial charge in [0, 0.05) is 23.2 Å². The van der Waals surface area contributed by atoms with Crippen LogP contribution in [0, 0.1) is 0 Å². The summed E-state index contributed by atoms with van der Waals surface area (Å²) in [7, 11) is 0. The highest BCUT2D eigenvalue weighted by Gasteiger charge is 2.17. The van der Waals surface area contributed by atoms with Gasteiger partial charge in [-0.25, -0.2) is 0 Å². The Bertz CT molecular complexity index is 362. The van der Waals surface area contributed by atoms with Crippen molar-refractivity contribution in [1.82, 2.24) is 0 Å². The van der Waals surface area contributed by atoms with E-state index in [1.54, 1.807) is 0 Å². The van der Waals surface area contributed by atoms with Gasteiger partial charge < -0.3 is 15.1 Å². The molecule has 0 aromatic heterocycles. The number of anilines is 1. The first kappa shape index (κ1) is 11.9. The van der Waals surface area contributed by atoms with Crippen LogP contribution in [-0.2, 0) is 6.61 Å². The predicted molar refractivity (Wildman–Crippen MR) is 67.5 cm³/mol. The first-order chi connectivity index (χ1) is 7.70. The van der Waals surface area contributed by atoms with Gasteiger partial charge in [-0.1, -0.05) is 22.0 Å². The van der Waals surface area contributed by atoms with E-state index in [-0.39, 0.29) is 12.7 Å². The molecule has 0 bridgehead atoms. The van der Waals surface area contributed by atoms with E-state index in [1.807, 2.05) is 18.2 Å². The van der Waals surface area contributed by atoms with E-state index < -0.39 is 0 Å². The molecular weight excluding hydrogens is 270 g/mol. The molecule has 0 amide bonds. The number of aliphatic hydroxyl groups excluding tert-OH is 2. The molecule has 0 aliphatic carbocycles. The third kappa shape index (κ3) is 2.56. The number of hydrogen-bond donors (Lipinski definition) is 2. The van der Waals surface area contributed by atoms with Gasteiger partial charge in [0.05, 0.1) is 12.7 Å². The molecule has 1 heterocycles. The molecular formula is C12H16BrNO2. The third-order valence-electron chi connectivity index (χ3n) is 3.04. The number of nitrogens with zero attached hydrogens (tertiary/aromatic N) is 1. The Hall–Kier alpha value is -0.580. The Kier molecular flexibility index (Phi) is 3.84. The van der Waals surface area contributed by atoms with Crippen LogP contribution < -0.4 is 4.90 Å². The number of halogens is 1. The average Bonchev–Trinajstić information content (AvgIpc) is 2.30. The molecule has 1 aromatic carbocycles. The van der Waals surface area contributed by atoms with E-state index in [0.29, 0.717) is 0 Å². The Balaban J connectivity index is 2.12. The standard InChI is InChI=1S/C12H16BrNO2/c13-12-7-10(2-1-9(12)8-15)14-5-3-11(16)4-6-14/h1-2,7,11,15-16H,3-6,8H2. The highest BCUT2D eigenvalue weighted by atomic mass is 79.9. The second-order valence-corrected chi connectivity index (χ2v) is 5.01. The molecule has 1 aliphatic rings. The van der Waals surface area contributed by atoms with Crippen LogP contribution in [0.2, 0.25) is 0 Å². The van der Waals surface area contributed by atoms with Crippen LogP contribution in [0.1, 0.15) is 18.4 Å². The zero-order valence-electron chi connectivity index (χ0n) is 9.06. The predicted octanol–water partition coefficient (Wildman–Crippen LogP) is 1.90. The molecule has 88 valence electrons. The number of aliphatic hydroxyl groups is 2. The van der Waals surface area contributed by atoms with Gasteiger partial charge in [0.25, 0.3) is 0 Å². The van der Waals surface area contributed by atoms with Gasteiger partial charge in [-0.05, 0) is 30.5 Å². The summed E-state index contributed by atoms with van der Waals surface area (Å²) in [6.07, 6.45) is 1.52. The second kappa shape index (κ2) is 5.17. The van der Waals surface area contributed by atoms with E-state index in [0.717, 1.165) is 41.7 Å². The molecule has 1 saturated heterocycles. The zero-order valence-corrected chi connectivity index (χ0v) is 10.7. The summed E-state index contributed by atoms with van der Waals surface area (Å²) in [5, 5.41) is 18.5. The summed E-state index contributed by atoms with van der Waals surface area (Å²) in [5.74, 6) is 0. The van der Waals surface area contributed by atoms with Gasteiger partial charge in [0.15, 0.2) is 0 Å². The van der Waals surface area contributed by atoms with Crippen molar-refractivity contribution in [2.75, 3.05) is 18.0 Å². The number of hydrogen-bond acceptors (Lipinski definition) is 3. The quantitative estimate of drug-likeness (QED) is 0.872. The van der Waals surface area contributed by atoms with E-state index in [1.165, 1.54) is 0 Å². The lowest BCUT2D eigenvalue weighted by molar-refractivity contribution is 0.145. The van der Waals surface area contributed by atoms with Crippen LogP contribution in [0.5, 0.6) is 0 Å². The van der Waals surface area contributed by atoms with Crippen molar-refractivity contribution in [3.05, 3.63) is 28.2 Å². The van der Waals surface area contributed by atoms with Gasteiger partial charge in [0.2, 0.25) is 0 Å². The largest absolute Gasteiger partial charge is 0.393 e. The first-order valence-corrected chi connectivity index (χ1v) is 6.32.